The second-order valence-corrected chi connectivity index (χ2v) is 6.18. The number of hydrogen-bond acceptors (Lipinski definition) is 3. The lowest BCUT2D eigenvalue weighted by atomic mass is 9.99. The van der Waals surface area contributed by atoms with Crippen LogP contribution in [0.15, 0.2) is 24.3 Å². The lowest BCUT2D eigenvalue weighted by molar-refractivity contribution is -0.147. The summed E-state index contributed by atoms with van der Waals surface area (Å²) >= 11 is 0. The van der Waals surface area contributed by atoms with E-state index >= 15 is 0 Å². The van der Waals surface area contributed by atoms with Crippen LogP contribution in [0.2, 0.25) is 0 Å². The van der Waals surface area contributed by atoms with Crippen LogP contribution in [0.25, 0.3) is 0 Å². The van der Waals surface area contributed by atoms with E-state index in [2.05, 4.69) is 0 Å². The van der Waals surface area contributed by atoms with E-state index in [0.29, 0.717) is 38.5 Å². The molecule has 0 unspecified atom stereocenters. The van der Waals surface area contributed by atoms with Gasteiger partial charge in [0.15, 0.2) is 0 Å². The molecule has 0 bridgehead atoms. The topological polar surface area (TPSA) is 38.8 Å². The molecule has 2 fully saturated rings. The van der Waals surface area contributed by atoms with Crippen LogP contribution in [0.3, 0.4) is 0 Å². The molecule has 4 nitrogen and oxygen atoms in total. The van der Waals surface area contributed by atoms with E-state index in [9.17, 15) is 18.0 Å². The fourth-order valence-electron chi connectivity index (χ4n) is 3.13. The van der Waals surface area contributed by atoms with Crippen LogP contribution in [0.4, 0.5) is 13.2 Å². The Hall–Kier alpha value is -1.60. The van der Waals surface area contributed by atoms with Gasteiger partial charge in [0.05, 0.1) is 31.2 Å². The van der Waals surface area contributed by atoms with E-state index in [4.69, 9.17) is 9.47 Å². The van der Waals surface area contributed by atoms with Crippen LogP contribution in [-0.4, -0.2) is 43.7 Å². The van der Waals surface area contributed by atoms with Gasteiger partial charge in [0.2, 0.25) is 5.91 Å². The molecule has 7 heteroatoms. The lowest BCUT2D eigenvalue weighted by Crippen LogP contribution is -2.46. The molecule has 0 aromatic heterocycles. The highest BCUT2D eigenvalue weighted by molar-refractivity contribution is 5.79. The molecule has 3 rings (SSSR count). The number of nitrogens with zero attached hydrogens (tertiary/aromatic N) is 1. The van der Waals surface area contributed by atoms with Crippen molar-refractivity contribution in [2.24, 2.45) is 5.92 Å². The molecule has 2 saturated heterocycles. The predicted octanol–water partition coefficient (Wildman–Crippen LogP) is 3.03. The van der Waals surface area contributed by atoms with Crippen LogP contribution in [-0.2, 0) is 20.4 Å². The molecule has 0 spiro atoms. The van der Waals surface area contributed by atoms with Gasteiger partial charge in [-0.15, -0.1) is 0 Å². The van der Waals surface area contributed by atoms with Crippen molar-refractivity contribution in [3.63, 3.8) is 0 Å². The van der Waals surface area contributed by atoms with Crippen LogP contribution in [0.1, 0.15) is 30.1 Å². The normalized spacial score (nSPS) is 25.5. The number of carbonyl (C=O) groups is 1. The van der Waals surface area contributed by atoms with E-state index in [1.807, 2.05) is 0 Å². The van der Waals surface area contributed by atoms with Gasteiger partial charge < -0.3 is 14.4 Å². The second kappa shape index (κ2) is 7.11. The lowest BCUT2D eigenvalue weighted by Gasteiger charge is -2.36. The Morgan fingerprint density at radius 2 is 1.92 bits per heavy atom. The number of benzene rings is 1. The maximum absolute atomic E-state index is 12.6. The Balaban J connectivity index is 1.65. The molecule has 1 aromatic rings. The average molecular weight is 343 g/mol. The zero-order chi connectivity index (χ0) is 17.2. The van der Waals surface area contributed by atoms with Crippen LogP contribution in [0, 0.1) is 5.92 Å². The summed E-state index contributed by atoms with van der Waals surface area (Å²) in [6, 6.07) is 4.94. The SMILES string of the molecule is O=C([C@@H]1CCCOC1)N1CCO[C@@H](c2ccc(C(F)(F)F)cc2)C1. The minimum Gasteiger partial charge on any atom is -0.381 e. The monoisotopic (exact) mass is 343 g/mol. The molecule has 132 valence electrons. The Morgan fingerprint density at radius 1 is 1.17 bits per heavy atom. The molecule has 1 aromatic carbocycles. The quantitative estimate of drug-likeness (QED) is 0.829. The number of hydrogen-bond donors (Lipinski definition) is 0. The second-order valence-electron chi connectivity index (χ2n) is 6.18. The number of morpholine rings is 1. The highest BCUT2D eigenvalue weighted by Crippen LogP contribution is 2.31. The summed E-state index contributed by atoms with van der Waals surface area (Å²) in [5.41, 5.74) is -0.0326. The summed E-state index contributed by atoms with van der Waals surface area (Å²) in [6.45, 7) is 2.39. The zero-order valence-corrected chi connectivity index (χ0v) is 13.2. The number of ether oxygens (including phenoxy) is 2. The molecular weight excluding hydrogens is 323 g/mol. The Morgan fingerprint density at radius 3 is 2.54 bits per heavy atom. The molecule has 0 radical (unpaired) electrons. The number of halogens is 3. The fraction of sp³-hybridized carbons (Fsp3) is 0.588. The zero-order valence-electron chi connectivity index (χ0n) is 13.2. The number of carbonyl (C=O) groups excluding carboxylic acids is 1. The Labute approximate surface area is 138 Å². The van der Waals surface area contributed by atoms with Gasteiger partial charge in [-0.2, -0.15) is 13.2 Å². The van der Waals surface area contributed by atoms with Gasteiger partial charge in [-0.05, 0) is 30.5 Å². The highest BCUT2D eigenvalue weighted by Gasteiger charge is 2.33. The van der Waals surface area contributed by atoms with Crippen molar-refractivity contribution in [1.82, 2.24) is 4.90 Å². The van der Waals surface area contributed by atoms with Crippen LogP contribution >= 0.6 is 0 Å². The van der Waals surface area contributed by atoms with Crippen molar-refractivity contribution >= 4 is 5.91 Å². The largest absolute Gasteiger partial charge is 0.416 e. The smallest absolute Gasteiger partial charge is 0.381 e. The Kier molecular flexibility index (Phi) is 5.10. The van der Waals surface area contributed by atoms with Crippen molar-refractivity contribution in [2.45, 2.75) is 25.1 Å². The summed E-state index contributed by atoms with van der Waals surface area (Å²) in [7, 11) is 0. The minimum atomic E-state index is -4.35. The van der Waals surface area contributed by atoms with Crippen LogP contribution < -0.4 is 0 Å². The first-order valence-corrected chi connectivity index (χ1v) is 8.10. The molecule has 1 amide bonds. The maximum Gasteiger partial charge on any atom is 0.416 e. The Bertz CT molecular complexity index is 567. The molecule has 0 N–H and O–H groups in total. The first kappa shape index (κ1) is 17.2. The van der Waals surface area contributed by atoms with E-state index in [1.165, 1.54) is 12.1 Å². The first-order valence-electron chi connectivity index (χ1n) is 8.10. The van der Waals surface area contributed by atoms with Gasteiger partial charge in [-0.3, -0.25) is 4.79 Å². The van der Waals surface area contributed by atoms with Crippen molar-refractivity contribution in [1.29, 1.82) is 0 Å². The molecular formula is C17H20F3NO3. The molecule has 2 aliphatic rings. The van der Waals surface area contributed by atoms with Gasteiger partial charge >= 0.3 is 6.18 Å². The van der Waals surface area contributed by atoms with Gasteiger partial charge in [0.25, 0.3) is 0 Å². The van der Waals surface area contributed by atoms with E-state index in [-0.39, 0.29) is 11.8 Å². The predicted molar refractivity (Wildman–Crippen MR) is 80.3 cm³/mol. The number of amides is 1. The third kappa shape index (κ3) is 3.89. The summed E-state index contributed by atoms with van der Waals surface area (Å²) in [4.78, 5) is 14.3. The first-order chi connectivity index (χ1) is 11.4. The van der Waals surface area contributed by atoms with Gasteiger partial charge in [0.1, 0.15) is 6.10 Å². The third-order valence-corrected chi connectivity index (χ3v) is 4.50. The maximum atomic E-state index is 12.6. The van der Waals surface area contributed by atoms with Gasteiger partial charge in [-0.1, -0.05) is 12.1 Å². The van der Waals surface area contributed by atoms with E-state index in [0.717, 1.165) is 25.0 Å². The average Bonchev–Trinajstić information content (AvgIpc) is 2.61. The van der Waals surface area contributed by atoms with E-state index in [1.54, 1.807) is 4.90 Å². The van der Waals surface area contributed by atoms with E-state index < -0.39 is 17.8 Å². The van der Waals surface area contributed by atoms with Crippen molar-refractivity contribution in [2.75, 3.05) is 32.9 Å². The molecule has 0 saturated carbocycles. The summed E-state index contributed by atoms with van der Waals surface area (Å²) < 4.78 is 48.9. The molecule has 0 aliphatic carbocycles. The summed E-state index contributed by atoms with van der Waals surface area (Å²) in [5.74, 6) is -0.0694. The number of alkyl halides is 3. The minimum absolute atomic E-state index is 0.0508. The molecule has 2 heterocycles. The molecule has 2 atom stereocenters. The standard InChI is InChI=1S/C17H20F3NO3/c18-17(19,20)14-5-3-12(4-6-14)15-10-21(7-9-24-15)16(22)13-2-1-8-23-11-13/h3-6,13,15H,1-2,7-11H2/t13-,15-/m1/s1. The van der Waals surface area contributed by atoms with Gasteiger partial charge in [0, 0.05) is 13.2 Å². The van der Waals surface area contributed by atoms with Crippen molar-refractivity contribution < 1.29 is 27.4 Å². The summed E-state index contributed by atoms with van der Waals surface area (Å²) in [5, 5.41) is 0. The molecule has 2 aliphatic heterocycles. The van der Waals surface area contributed by atoms with Crippen molar-refractivity contribution in [3.05, 3.63) is 35.4 Å². The van der Waals surface area contributed by atoms with Crippen molar-refractivity contribution in [3.8, 4) is 0 Å². The van der Waals surface area contributed by atoms with Crippen LogP contribution in [0.5, 0.6) is 0 Å². The molecule has 24 heavy (non-hydrogen) atoms. The highest BCUT2D eigenvalue weighted by atomic mass is 19.4. The third-order valence-electron chi connectivity index (χ3n) is 4.50. The van der Waals surface area contributed by atoms with Gasteiger partial charge in [-0.25, -0.2) is 0 Å². The fourth-order valence-corrected chi connectivity index (χ4v) is 3.13. The summed E-state index contributed by atoms with van der Waals surface area (Å²) in [6.07, 6.45) is -3.05. The number of rotatable bonds is 2.